The van der Waals surface area contributed by atoms with Crippen molar-refractivity contribution in [2.45, 2.75) is 18.2 Å². The summed E-state index contributed by atoms with van der Waals surface area (Å²) < 4.78 is 31.8. The first kappa shape index (κ1) is 17.8. The summed E-state index contributed by atoms with van der Waals surface area (Å²) in [6.07, 6.45) is 0.630. The molecule has 0 saturated heterocycles. The minimum Gasteiger partial charge on any atom is -0.358 e. The average Bonchev–Trinajstić information content (AvgIpc) is 2.97. The highest BCUT2D eigenvalue weighted by atomic mass is 35.5. The summed E-state index contributed by atoms with van der Waals surface area (Å²) in [5.74, 6) is 0.0917. The molecule has 130 valence electrons. The number of halogens is 2. The van der Waals surface area contributed by atoms with Gasteiger partial charge in [0.25, 0.3) is 0 Å². The van der Waals surface area contributed by atoms with Crippen LogP contribution < -0.4 is 4.18 Å². The fourth-order valence-corrected chi connectivity index (χ4v) is 3.42. The highest BCUT2D eigenvalue weighted by Gasteiger charge is 2.21. The third-order valence-electron chi connectivity index (χ3n) is 3.44. The fourth-order valence-electron chi connectivity index (χ4n) is 2.20. The van der Waals surface area contributed by atoms with Crippen LogP contribution in [-0.2, 0) is 16.5 Å². The first-order valence-electron chi connectivity index (χ1n) is 7.44. The van der Waals surface area contributed by atoms with Crippen molar-refractivity contribution < 1.29 is 12.6 Å². The molecule has 2 aromatic carbocycles. The van der Waals surface area contributed by atoms with E-state index < -0.39 is 10.1 Å². The summed E-state index contributed by atoms with van der Waals surface area (Å²) >= 11 is 11.8. The predicted molar refractivity (Wildman–Crippen MR) is 97.2 cm³/mol. The summed E-state index contributed by atoms with van der Waals surface area (Å²) in [5, 5.41) is 5.33. The second kappa shape index (κ2) is 7.07. The molecule has 1 aromatic heterocycles. The van der Waals surface area contributed by atoms with Crippen molar-refractivity contribution in [1.29, 1.82) is 0 Å². The van der Waals surface area contributed by atoms with E-state index in [0.717, 1.165) is 0 Å². The van der Waals surface area contributed by atoms with Crippen LogP contribution >= 0.6 is 23.2 Å². The van der Waals surface area contributed by atoms with Gasteiger partial charge in [0.15, 0.2) is 0 Å². The molecule has 25 heavy (non-hydrogen) atoms. The van der Waals surface area contributed by atoms with Crippen LogP contribution in [0.1, 0.15) is 12.6 Å². The Labute approximate surface area is 155 Å². The maximum Gasteiger partial charge on any atom is 0.340 e. The van der Waals surface area contributed by atoms with Gasteiger partial charge in [0.1, 0.15) is 4.90 Å². The minimum atomic E-state index is -4.02. The lowest BCUT2D eigenvalue weighted by atomic mass is 10.3. The predicted octanol–water partition coefficient (Wildman–Crippen LogP) is 4.51. The third-order valence-corrected chi connectivity index (χ3v) is 5.17. The molecule has 0 spiro atoms. The van der Waals surface area contributed by atoms with Gasteiger partial charge in [0, 0.05) is 16.1 Å². The van der Waals surface area contributed by atoms with E-state index in [1.807, 2.05) is 6.92 Å². The lowest BCUT2D eigenvalue weighted by molar-refractivity contribution is 0.465. The zero-order valence-corrected chi connectivity index (χ0v) is 15.5. The molecule has 0 amide bonds. The Balaban J connectivity index is 2.02. The molecule has 1 heterocycles. The summed E-state index contributed by atoms with van der Waals surface area (Å²) in [5.41, 5.74) is 1.30. The second-order valence-corrected chi connectivity index (χ2v) is 7.63. The van der Waals surface area contributed by atoms with Crippen LogP contribution in [-0.4, -0.2) is 18.2 Å². The summed E-state index contributed by atoms with van der Waals surface area (Å²) in [7, 11) is -4.02. The molecule has 3 rings (SSSR count). The summed E-state index contributed by atoms with van der Waals surface area (Å²) in [6, 6.07) is 14.3. The number of aryl methyl sites for hydroxylation is 1. The number of rotatable bonds is 5. The SMILES string of the molecule is CCc1cc(OS(=O)(=O)c2ccc(Cl)cc2)n(-c2cccc(Cl)c2)n1. The molecule has 8 heteroatoms. The topological polar surface area (TPSA) is 61.2 Å². The van der Waals surface area contributed by atoms with Crippen molar-refractivity contribution in [3.8, 4) is 11.6 Å². The van der Waals surface area contributed by atoms with Crippen LogP contribution in [0.3, 0.4) is 0 Å². The van der Waals surface area contributed by atoms with E-state index in [4.69, 9.17) is 27.4 Å². The van der Waals surface area contributed by atoms with E-state index in [2.05, 4.69) is 5.10 Å². The zero-order chi connectivity index (χ0) is 18.0. The molecule has 5 nitrogen and oxygen atoms in total. The maximum absolute atomic E-state index is 12.5. The monoisotopic (exact) mass is 396 g/mol. The Morgan fingerprint density at radius 2 is 1.76 bits per heavy atom. The van der Waals surface area contributed by atoms with Crippen molar-refractivity contribution in [3.05, 3.63) is 70.3 Å². The van der Waals surface area contributed by atoms with Crippen LogP contribution in [0, 0.1) is 0 Å². The summed E-state index contributed by atoms with van der Waals surface area (Å²) in [6.45, 7) is 1.92. The van der Waals surface area contributed by atoms with Crippen molar-refractivity contribution >= 4 is 33.3 Å². The minimum absolute atomic E-state index is 0.00814. The van der Waals surface area contributed by atoms with Gasteiger partial charge in [-0.3, -0.25) is 0 Å². The molecular formula is C17H14Cl2N2O3S. The number of hydrogen-bond donors (Lipinski definition) is 0. The van der Waals surface area contributed by atoms with Gasteiger partial charge in [-0.1, -0.05) is 36.2 Å². The van der Waals surface area contributed by atoms with Gasteiger partial charge >= 0.3 is 10.1 Å². The summed E-state index contributed by atoms with van der Waals surface area (Å²) in [4.78, 5) is 0.00814. The van der Waals surface area contributed by atoms with E-state index >= 15 is 0 Å². The van der Waals surface area contributed by atoms with Gasteiger partial charge in [-0.25, -0.2) is 0 Å². The van der Waals surface area contributed by atoms with Crippen molar-refractivity contribution in [2.75, 3.05) is 0 Å². The average molecular weight is 397 g/mol. The standard InChI is InChI=1S/C17H14Cl2N2O3S/c1-2-14-11-17(21(20-14)15-5-3-4-13(19)10-15)24-25(22,23)16-8-6-12(18)7-9-16/h3-11H,2H2,1H3. The maximum atomic E-state index is 12.5. The van der Waals surface area contributed by atoms with Crippen LogP contribution in [0.15, 0.2) is 59.5 Å². The van der Waals surface area contributed by atoms with Gasteiger partial charge < -0.3 is 4.18 Å². The first-order chi connectivity index (χ1) is 11.9. The Kier molecular flexibility index (Phi) is 5.03. The van der Waals surface area contributed by atoms with E-state index in [1.54, 1.807) is 30.3 Å². The molecule has 0 N–H and O–H groups in total. The van der Waals surface area contributed by atoms with Crippen LogP contribution in [0.4, 0.5) is 0 Å². The molecular weight excluding hydrogens is 383 g/mol. The first-order valence-corrected chi connectivity index (χ1v) is 9.60. The molecule has 0 aliphatic rings. The molecule has 0 aliphatic carbocycles. The van der Waals surface area contributed by atoms with Crippen LogP contribution in [0.2, 0.25) is 10.0 Å². The highest BCUT2D eigenvalue weighted by molar-refractivity contribution is 7.87. The normalized spacial score (nSPS) is 11.5. The van der Waals surface area contributed by atoms with Gasteiger partial charge in [0.2, 0.25) is 5.88 Å². The molecule has 0 bridgehead atoms. The fraction of sp³-hybridized carbons (Fsp3) is 0.118. The molecule has 0 fully saturated rings. The molecule has 0 radical (unpaired) electrons. The van der Waals surface area contributed by atoms with Crippen molar-refractivity contribution in [2.24, 2.45) is 0 Å². The lowest BCUT2D eigenvalue weighted by Crippen LogP contribution is -2.12. The second-order valence-electron chi connectivity index (χ2n) is 5.21. The third kappa shape index (κ3) is 3.98. The van der Waals surface area contributed by atoms with Crippen LogP contribution in [0.5, 0.6) is 5.88 Å². The van der Waals surface area contributed by atoms with Gasteiger partial charge in [0.05, 0.1) is 11.4 Å². The van der Waals surface area contributed by atoms with Crippen molar-refractivity contribution in [3.63, 3.8) is 0 Å². The van der Waals surface area contributed by atoms with E-state index in [9.17, 15) is 8.42 Å². The smallest absolute Gasteiger partial charge is 0.340 e. The number of nitrogens with zero attached hydrogens (tertiary/aromatic N) is 2. The Hall–Kier alpha value is -2.02. The Morgan fingerprint density at radius 3 is 2.40 bits per heavy atom. The molecule has 0 aliphatic heterocycles. The number of hydrogen-bond acceptors (Lipinski definition) is 4. The number of benzene rings is 2. The number of aromatic nitrogens is 2. The molecule has 0 unspecified atom stereocenters. The van der Waals surface area contributed by atoms with E-state index in [0.29, 0.717) is 27.8 Å². The largest absolute Gasteiger partial charge is 0.358 e. The quantitative estimate of drug-likeness (QED) is 0.595. The van der Waals surface area contributed by atoms with E-state index in [1.165, 1.54) is 28.9 Å². The Bertz CT molecular complexity index is 999. The van der Waals surface area contributed by atoms with Crippen LogP contribution in [0.25, 0.3) is 5.69 Å². The van der Waals surface area contributed by atoms with E-state index in [-0.39, 0.29) is 10.8 Å². The molecule has 0 atom stereocenters. The van der Waals surface area contributed by atoms with Crippen molar-refractivity contribution in [1.82, 2.24) is 9.78 Å². The van der Waals surface area contributed by atoms with Gasteiger partial charge in [-0.2, -0.15) is 18.2 Å². The Morgan fingerprint density at radius 1 is 1.04 bits per heavy atom. The zero-order valence-electron chi connectivity index (χ0n) is 13.2. The van der Waals surface area contributed by atoms with Gasteiger partial charge in [-0.15, -0.1) is 0 Å². The molecule has 3 aromatic rings. The van der Waals surface area contributed by atoms with Gasteiger partial charge in [-0.05, 0) is 48.9 Å². The molecule has 0 saturated carbocycles. The lowest BCUT2D eigenvalue weighted by Gasteiger charge is -2.09. The highest BCUT2D eigenvalue weighted by Crippen LogP contribution is 2.25.